The average molecular weight is 347 g/mol. The summed E-state index contributed by atoms with van der Waals surface area (Å²) in [5.41, 5.74) is 2.94. The molecule has 1 aromatic carbocycles. The minimum atomic E-state index is -0.520. The number of hydrogen-bond donors (Lipinski definition) is 1. The normalized spacial score (nSPS) is 13.7. The van der Waals surface area contributed by atoms with Crippen molar-refractivity contribution in [2.24, 2.45) is 0 Å². The van der Waals surface area contributed by atoms with Crippen LogP contribution in [0.2, 0.25) is 0 Å². The number of anilines is 1. The number of urea groups is 1. The van der Waals surface area contributed by atoms with Gasteiger partial charge in [0.2, 0.25) is 0 Å². The fourth-order valence-electron chi connectivity index (χ4n) is 2.89. The Morgan fingerprint density at radius 1 is 1.08 bits per heavy atom. The number of hydrazine groups is 1. The number of hydrogen-bond acceptors (Lipinski definition) is 4. The van der Waals surface area contributed by atoms with E-state index >= 15 is 0 Å². The Balaban J connectivity index is 2.12. The molecule has 0 atom stereocenters. The molecule has 0 bridgehead atoms. The number of para-hydroxylation sites is 1. The number of rotatable bonds is 5. The van der Waals surface area contributed by atoms with E-state index < -0.39 is 11.9 Å². The lowest BCUT2D eigenvalue weighted by atomic mass is 10.0. The predicted octanol–water partition coefficient (Wildman–Crippen LogP) is 2.36. The lowest BCUT2D eigenvalue weighted by Crippen LogP contribution is -2.48. The second-order valence-corrected chi connectivity index (χ2v) is 5.86. The highest BCUT2D eigenvalue weighted by Crippen LogP contribution is 2.24. The van der Waals surface area contributed by atoms with Crippen LogP contribution in [0.4, 0.5) is 10.5 Å². The first kappa shape index (κ1) is 18.8. The molecule has 0 saturated carbocycles. The number of carbonyl (C=O) groups excluding carboxylic acids is 3. The molecule has 136 valence electrons. The molecule has 1 aliphatic rings. The number of ether oxygens (including phenoxy) is 1. The van der Waals surface area contributed by atoms with Crippen molar-refractivity contribution in [3.8, 4) is 0 Å². The minimum Gasteiger partial charge on any atom is -0.456 e. The van der Waals surface area contributed by atoms with Gasteiger partial charge in [-0.1, -0.05) is 32.0 Å². The summed E-state index contributed by atoms with van der Waals surface area (Å²) in [6, 6.07) is 5.62. The van der Waals surface area contributed by atoms with Crippen molar-refractivity contribution in [2.75, 3.05) is 25.0 Å². The standard InChI is InChI=1S/C18H25N3O4/c1-4-14-8-6-9-15(5-2)17(14)19-18(24)21-11-7-10-20(21)16(23)12-25-13(3)22/h6,8-9H,4-5,7,10-12H2,1-3H3,(H,19,24). The third kappa shape index (κ3) is 4.49. The number of esters is 1. The van der Waals surface area contributed by atoms with Crippen LogP contribution in [0, 0.1) is 0 Å². The first-order valence-corrected chi connectivity index (χ1v) is 8.60. The van der Waals surface area contributed by atoms with Crippen molar-refractivity contribution in [2.45, 2.75) is 40.0 Å². The van der Waals surface area contributed by atoms with Gasteiger partial charge in [0.1, 0.15) is 0 Å². The summed E-state index contributed by atoms with van der Waals surface area (Å²) in [6.45, 7) is 5.85. The lowest BCUT2D eigenvalue weighted by Gasteiger charge is -2.28. The Kier molecular flexibility index (Phi) is 6.38. The van der Waals surface area contributed by atoms with Crippen LogP contribution >= 0.6 is 0 Å². The molecule has 1 aliphatic heterocycles. The summed E-state index contributed by atoms with van der Waals surface area (Å²) in [5.74, 6) is -0.921. The zero-order chi connectivity index (χ0) is 18.4. The quantitative estimate of drug-likeness (QED) is 0.829. The Hall–Kier alpha value is -2.57. The van der Waals surface area contributed by atoms with Crippen molar-refractivity contribution in [1.82, 2.24) is 10.0 Å². The molecular formula is C18H25N3O4. The molecular weight excluding hydrogens is 322 g/mol. The highest BCUT2D eigenvalue weighted by Gasteiger charge is 2.31. The van der Waals surface area contributed by atoms with Gasteiger partial charge in [-0.25, -0.2) is 14.8 Å². The molecule has 1 N–H and O–H groups in total. The van der Waals surface area contributed by atoms with Crippen molar-refractivity contribution in [1.29, 1.82) is 0 Å². The summed E-state index contributed by atoms with van der Waals surface area (Å²) < 4.78 is 4.75. The Labute approximate surface area is 147 Å². The largest absolute Gasteiger partial charge is 0.456 e. The summed E-state index contributed by atoms with van der Waals surface area (Å²) in [4.78, 5) is 35.8. The van der Waals surface area contributed by atoms with Gasteiger partial charge in [-0.15, -0.1) is 0 Å². The van der Waals surface area contributed by atoms with Crippen LogP contribution in [-0.2, 0) is 27.2 Å². The van der Waals surface area contributed by atoms with Crippen molar-refractivity contribution in [3.63, 3.8) is 0 Å². The van der Waals surface area contributed by atoms with E-state index in [9.17, 15) is 14.4 Å². The molecule has 2 rings (SSSR count). The third-order valence-corrected chi connectivity index (χ3v) is 4.18. The van der Waals surface area contributed by atoms with Gasteiger partial charge in [0, 0.05) is 25.7 Å². The Morgan fingerprint density at radius 2 is 1.68 bits per heavy atom. The highest BCUT2D eigenvalue weighted by molar-refractivity contribution is 5.93. The van der Waals surface area contributed by atoms with E-state index in [0.717, 1.165) is 29.7 Å². The van der Waals surface area contributed by atoms with E-state index in [-0.39, 0.29) is 12.6 Å². The zero-order valence-electron chi connectivity index (χ0n) is 15.0. The maximum Gasteiger partial charge on any atom is 0.340 e. The minimum absolute atomic E-state index is 0.343. The van der Waals surface area contributed by atoms with Crippen LogP contribution in [0.25, 0.3) is 0 Å². The van der Waals surface area contributed by atoms with Gasteiger partial charge < -0.3 is 10.1 Å². The van der Waals surface area contributed by atoms with Crippen LogP contribution < -0.4 is 5.32 Å². The van der Waals surface area contributed by atoms with E-state index in [0.29, 0.717) is 19.5 Å². The topological polar surface area (TPSA) is 79.0 Å². The smallest absolute Gasteiger partial charge is 0.340 e. The highest BCUT2D eigenvalue weighted by atomic mass is 16.5. The van der Waals surface area contributed by atoms with Crippen LogP contribution in [0.15, 0.2) is 18.2 Å². The van der Waals surface area contributed by atoms with Gasteiger partial charge in [0.25, 0.3) is 5.91 Å². The van der Waals surface area contributed by atoms with Gasteiger partial charge in [-0.3, -0.25) is 9.59 Å². The third-order valence-electron chi connectivity index (χ3n) is 4.18. The number of nitrogens with zero attached hydrogens (tertiary/aromatic N) is 2. The molecule has 3 amide bonds. The van der Waals surface area contributed by atoms with Crippen molar-refractivity contribution in [3.05, 3.63) is 29.3 Å². The molecule has 0 spiro atoms. The molecule has 0 aliphatic carbocycles. The number of amides is 3. The van der Waals surface area contributed by atoms with E-state index in [4.69, 9.17) is 4.74 Å². The summed E-state index contributed by atoms with van der Waals surface area (Å²) in [7, 11) is 0. The number of benzene rings is 1. The number of nitrogens with one attached hydrogen (secondary N) is 1. The summed E-state index contributed by atoms with van der Waals surface area (Å²) in [5, 5.41) is 5.69. The van der Waals surface area contributed by atoms with Gasteiger partial charge in [0.05, 0.1) is 0 Å². The molecule has 1 fully saturated rings. The first-order valence-electron chi connectivity index (χ1n) is 8.60. The lowest BCUT2D eigenvalue weighted by molar-refractivity contribution is -0.154. The number of carbonyl (C=O) groups is 3. The first-order chi connectivity index (χ1) is 12.0. The van der Waals surface area contributed by atoms with Gasteiger partial charge >= 0.3 is 12.0 Å². The van der Waals surface area contributed by atoms with Crippen LogP contribution in [0.5, 0.6) is 0 Å². The predicted molar refractivity (Wildman–Crippen MR) is 93.9 cm³/mol. The van der Waals surface area contributed by atoms with Gasteiger partial charge in [-0.05, 0) is 30.4 Å². The molecule has 7 nitrogen and oxygen atoms in total. The van der Waals surface area contributed by atoms with Crippen LogP contribution in [0.1, 0.15) is 38.3 Å². The second kappa shape index (κ2) is 8.50. The summed E-state index contributed by atoms with van der Waals surface area (Å²) in [6.07, 6.45) is 2.30. The summed E-state index contributed by atoms with van der Waals surface area (Å²) >= 11 is 0. The van der Waals surface area contributed by atoms with E-state index in [1.165, 1.54) is 16.9 Å². The van der Waals surface area contributed by atoms with E-state index in [2.05, 4.69) is 5.32 Å². The van der Waals surface area contributed by atoms with Gasteiger partial charge in [-0.2, -0.15) is 0 Å². The van der Waals surface area contributed by atoms with Crippen molar-refractivity contribution >= 4 is 23.6 Å². The molecule has 0 aromatic heterocycles. The molecule has 1 saturated heterocycles. The van der Waals surface area contributed by atoms with Crippen LogP contribution in [-0.4, -0.2) is 47.6 Å². The van der Waals surface area contributed by atoms with E-state index in [1.807, 2.05) is 32.0 Å². The number of aryl methyl sites for hydroxylation is 2. The van der Waals surface area contributed by atoms with Gasteiger partial charge in [0.15, 0.2) is 6.61 Å². The Bertz CT molecular complexity index is 637. The zero-order valence-corrected chi connectivity index (χ0v) is 15.0. The monoisotopic (exact) mass is 347 g/mol. The fourth-order valence-corrected chi connectivity index (χ4v) is 2.89. The second-order valence-electron chi connectivity index (χ2n) is 5.86. The molecule has 1 heterocycles. The molecule has 25 heavy (non-hydrogen) atoms. The molecule has 7 heteroatoms. The maximum absolute atomic E-state index is 12.7. The van der Waals surface area contributed by atoms with E-state index in [1.54, 1.807) is 0 Å². The molecule has 0 unspecified atom stereocenters. The SMILES string of the molecule is CCc1cccc(CC)c1NC(=O)N1CCCN1C(=O)COC(C)=O. The fraction of sp³-hybridized carbons (Fsp3) is 0.500. The van der Waals surface area contributed by atoms with Crippen molar-refractivity contribution < 1.29 is 19.1 Å². The maximum atomic E-state index is 12.7. The molecule has 0 radical (unpaired) electrons. The van der Waals surface area contributed by atoms with Crippen LogP contribution in [0.3, 0.4) is 0 Å². The average Bonchev–Trinajstić information content (AvgIpc) is 3.09. The Morgan fingerprint density at radius 3 is 2.24 bits per heavy atom. The molecule has 1 aromatic rings.